The number of carbonyl (C=O) groups is 2. The molecule has 6 nitrogen and oxygen atoms in total. The second-order valence-corrected chi connectivity index (χ2v) is 8.60. The fourth-order valence-electron chi connectivity index (χ4n) is 4.05. The molecule has 0 saturated carbocycles. The highest BCUT2D eigenvalue weighted by molar-refractivity contribution is 6.18. The highest BCUT2D eigenvalue weighted by atomic mass is 16.2. The van der Waals surface area contributed by atoms with Crippen LogP contribution in [0.3, 0.4) is 0 Å². The number of hydrogen-bond acceptors (Lipinski definition) is 4. The van der Waals surface area contributed by atoms with Gasteiger partial charge in [-0.1, -0.05) is 61.5 Å². The smallest absolute Gasteiger partial charge is 0.240 e. The van der Waals surface area contributed by atoms with Gasteiger partial charge >= 0.3 is 0 Å². The van der Waals surface area contributed by atoms with Crippen LogP contribution in [0.5, 0.6) is 0 Å². The van der Waals surface area contributed by atoms with E-state index >= 15 is 0 Å². The first-order valence-corrected chi connectivity index (χ1v) is 11.8. The quantitative estimate of drug-likeness (QED) is 0.539. The molecule has 1 aromatic heterocycles. The van der Waals surface area contributed by atoms with Crippen molar-refractivity contribution in [2.75, 3.05) is 11.4 Å². The lowest BCUT2D eigenvalue weighted by Gasteiger charge is -2.22. The molecule has 1 aliphatic heterocycles. The summed E-state index contributed by atoms with van der Waals surface area (Å²) in [5.74, 6) is 0.0175. The molecule has 0 bridgehead atoms. The molecule has 4 rings (SSSR count). The van der Waals surface area contributed by atoms with Gasteiger partial charge in [0.15, 0.2) is 5.82 Å². The van der Waals surface area contributed by atoms with Gasteiger partial charge in [0, 0.05) is 12.2 Å². The molecule has 0 unspecified atom stereocenters. The topological polar surface area (TPSA) is 74.7 Å². The average Bonchev–Trinajstić information content (AvgIpc) is 3.00. The first-order valence-electron chi connectivity index (χ1n) is 11.8. The predicted molar refractivity (Wildman–Crippen MR) is 136 cm³/mol. The zero-order valence-corrected chi connectivity index (χ0v) is 19.7. The molecule has 2 amide bonds. The van der Waals surface area contributed by atoms with E-state index in [9.17, 15) is 9.59 Å². The lowest BCUT2D eigenvalue weighted by molar-refractivity contribution is -0.123. The summed E-state index contributed by atoms with van der Waals surface area (Å²) in [6.07, 6.45) is 4.38. The lowest BCUT2D eigenvalue weighted by atomic mass is 10.0. The molecule has 0 aliphatic carbocycles. The minimum Gasteiger partial charge on any atom is -0.352 e. The standard InChI is InChI=1S/C28H30N4O2/c1-3-21-13-15-23(16-14-21)25-18-27(34)32(28-24(31-25)10-7-17-29-28)19-26(33)30-20(2)11-12-22-8-5-4-6-9-22/h4-10,13-17,20H,3,11-12,18-19H2,1-2H3,(H,30,33)/t20-/m0/s1. The maximum absolute atomic E-state index is 13.2. The Morgan fingerprint density at radius 3 is 2.53 bits per heavy atom. The Labute approximate surface area is 200 Å². The molecule has 0 fully saturated rings. The zero-order valence-electron chi connectivity index (χ0n) is 19.7. The Morgan fingerprint density at radius 2 is 1.79 bits per heavy atom. The van der Waals surface area contributed by atoms with Crippen molar-refractivity contribution in [3.05, 3.63) is 89.6 Å². The van der Waals surface area contributed by atoms with E-state index in [0.717, 1.165) is 24.8 Å². The van der Waals surface area contributed by atoms with E-state index in [1.54, 1.807) is 12.3 Å². The lowest BCUT2D eigenvalue weighted by Crippen LogP contribution is -2.44. The molecule has 34 heavy (non-hydrogen) atoms. The van der Waals surface area contributed by atoms with Gasteiger partial charge in [-0.15, -0.1) is 0 Å². The summed E-state index contributed by atoms with van der Waals surface area (Å²) in [7, 11) is 0. The number of aliphatic imine (C=N–C) groups is 1. The van der Waals surface area contributed by atoms with E-state index in [0.29, 0.717) is 17.2 Å². The van der Waals surface area contributed by atoms with E-state index < -0.39 is 0 Å². The molecule has 0 saturated heterocycles. The minimum absolute atomic E-state index is 0.0121. The number of aryl methyl sites for hydroxylation is 2. The number of aromatic nitrogens is 1. The number of hydrogen-bond donors (Lipinski definition) is 1. The summed E-state index contributed by atoms with van der Waals surface area (Å²) in [5.41, 5.74) is 4.64. The molecule has 2 heterocycles. The highest BCUT2D eigenvalue weighted by Gasteiger charge is 2.28. The van der Waals surface area contributed by atoms with Crippen LogP contribution in [-0.2, 0) is 22.4 Å². The van der Waals surface area contributed by atoms with Gasteiger partial charge in [0.05, 0.1) is 12.1 Å². The predicted octanol–water partition coefficient (Wildman–Crippen LogP) is 4.64. The molecule has 2 aromatic carbocycles. The zero-order chi connectivity index (χ0) is 23.9. The fourth-order valence-corrected chi connectivity index (χ4v) is 4.05. The number of fused-ring (bicyclic) bond motifs is 1. The Bertz CT molecular complexity index is 1170. The van der Waals surface area contributed by atoms with Gasteiger partial charge in [0.25, 0.3) is 0 Å². The Balaban J connectivity index is 1.45. The van der Waals surface area contributed by atoms with Crippen LogP contribution in [0.15, 0.2) is 77.9 Å². The number of nitrogens with zero attached hydrogens (tertiary/aromatic N) is 3. The van der Waals surface area contributed by atoms with Crippen molar-refractivity contribution in [2.24, 2.45) is 4.99 Å². The number of anilines is 1. The van der Waals surface area contributed by atoms with Gasteiger partial charge in [0.2, 0.25) is 11.8 Å². The third-order valence-corrected chi connectivity index (χ3v) is 6.01. The molecule has 0 spiro atoms. The Kier molecular flexibility index (Phi) is 7.48. The number of benzene rings is 2. The van der Waals surface area contributed by atoms with E-state index in [2.05, 4.69) is 41.5 Å². The van der Waals surface area contributed by atoms with Gasteiger partial charge in [0.1, 0.15) is 12.2 Å². The van der Waals surface area contributed by atoms with Crippen LogP contribution in [0.2, 0.25) is 0 Å². The SMILES string of the molecule is CCc1ccc(C2=Nc3cccnc3N(CC(=O)N[C@@H](C)CCc3ccccc3)C(=O)C2)cc1. The van der Waals surface area contributed by atoms with Gasteiger partial charge in [-0.2, -0.15) is 0 Å². The summed E-state index contributed by atoms with van der Waals surface area (Å²) in [4.78, 5) is 36.7. The number of carbonyl (C=O) groups excluding carboxylic acids is 2. The highest BCUT2D eigenvalue weighted by Crippen LogP contribution is 2.30. The summed E-state index contributed by atoms with van der Waals surface area (Å²) in [6, 6.07) is 21.9. The molecule has 6 heteroatoms. The third kappa shape index (κ3) is 5.76. The molecular weight excluding hydrogens is 424 g/mol. The number of nitrogens with one attached hydrogen (secondary N) is 1. The van der Waals surface area contributed by atoms with Crippen molar-refractivity contribution in [1.29, 1.82) is 0 Å². The van der Waals surface area contributed by atoms with Crippen LogP contribution in [0.25, 0.3) is 0 Å². The second-order valence-electron chi connectivity index (χ2n) is 8.60. The van der Waals surface area contributed by atoms with Crippen LogP contribution < -0.4 is 10.2 Å². The maximum Gasteiger partial charge on any atom is 0.240 e. The molecule has 1 atom stereocenters. The van der Waals surface area contributed by atoms with Gasteiger partial charge in [-0.3, -0.25) is 14.5 Å². The van der Waals surface area contributed by atoms with Crippen molar-refractivity contribution in [3.63, 3.8) is 0 Å². The Morgan fingerprint density at radius 1 is 1.03 bits per heavy atom. The largest absolute Gasteiger partial charge is 0.352 e. The molecule has 174 valence electrons. The third-order valence-electron chi connectivity index (χ3n) is 6.01. The van der Waals surface area contributed by atoms with Crippen molar-refractivity contribution in [1.82, 2.24) is 10.3 Å². The molecular formula is C28H30N4O2. The summed E-state index contributed by atoms with van der Waals surface area (Å²) < 4.78 is 0. The van der Waals surface area contributed by atoms with Crippen molar-refractivity contribution < 1.29 is 9.59 Å². The average molecular weight is 455 g/mol. The van der Waals surface area contributed by atoms with E-state index in [1.165, 1.54) is 16.0 Å². The van der Waals surface area contributed by atoms with E-state index in [4.69, 9.17) is 4.99 Å². The summed E-state index contributed by atoms with van der Waals surface area (Å²) in [5, 5.41) is 3.03. The van der Waals surface area contributed by atoms with Crippen LogP contribution in [-0.4, -0.2) is 35.1 Å². The van der Waals surface area contributed by atoms with Gasteiger partial charge in [-0.25, -0.2) is 9.98 Å². The van der Waals surface area contributed by atoms with Crippen LogP contribution >= 0.6 is 0 Å². The van der Waals surface area contributed by atoms with Crippen molar-refractivity contribution >= 4 is 29.0 Å². The first kappa shape index (κ1) is 23.4. The minimum atomic E-state index is -0.207. The van der Waals surface area contributed by atoms with Gasteiger partial charge < -0.3 is 5.32 Å². The van der Waals surface area contributed by atoms with E-state index in [1.807, 2.05) is 43.3 Å². The summed E-state index contributed by atoms with van der Waals surface area (Å²) in [6.45, 7) is 4.00. The van der Waals surface area contributed by atoms with Crippen LogP contribution in [0, 0.1) is 0 Å². The number of pyridine rings is 1. The van der Waals surface area contributed by atoms with Gasteiger partial charge in [-0.05, 0) is 55.0 Å². The normalized spacial score (nSPS) is 14.1. The maximum atomic E-state index is 13.2. The van der Waals surface area contributed by atoms with Crippen LogP contribution in [0.1, 0.15) is 43.4 Å². The monoisotopic (exact) mass is 454 g/mol. The second kappa shape index (κ2) is 10.9. The molecule has 0 radical (unpaired) electrons. The molecule has 1 aliphatic rings. The first-order chi connectivity index (χ1) is 16.5. The Hall–Kier alpha value is -3.80. The molecule has 1 N–H and O–H groups in total. The fraction of sp³-hybridized carbons (Fsp3) is 0.286. The van der Waals surface area contributed by atoms with Crippen LogP contribution in [0.4, 0.5) is 11.5 Å². The van der Waals surface area contributed by atoms with Crippen molar-refractivity contribution in [2.45, 2.75) is 45.6 Å². The summed E-state index contributed by atoms with van der Waals surface area (Å²) >= 11 is 0. The van der Waals surface area contributed by atoms with E-state index in [-0.39, 0.29) is 30.8 Å². The van der Waals surface area contributed by atoms with Crippen molar-refractivity contribution in [3.8, 4) is 0 Å². The number of amides is 2. The molecule has 3 aromatic rings. The number of rotatable bonds is 8.